The van der Waals surface area contributed by atoms with Gasteiger partial charge in [0, 0.05) is 0 Å². The maximum atomic E-state index is 11.0. The van der Waals surface area contributed by atoms with Gasteiger partial charge in [-0.25, -0.2) is 0 Å². The standard InChI is InChI=1S/C23H37NO11/c1-3-23(11-27,12-7-5-4-6-8-12)24(2)21-18(31)17(30)20(14(10-26)33-21)35-22-19(32)16(29)15(28)13(9-25)34-22/h4-8,13-22,25-32H,3,9-11H2,1-2H3/t13-,14-,15+,16+,17-,18-,19-,20-,21?,22?,23?/m1/s1. The van der Waals surface area contributed by atoms with Crippen molar-refractivity contribution in [3.63, 3.8) is 0 Å². The van der Waals surface area contributed by atoms with Gasteiger partial charge in [0.1, 0.15) is 55.1 Å². The van der Waals surface area contributed by atoms with Gasteiger partial charge in [0.05, 0.1) is 25.4 Å². The van der Waals surface area contributed by atoms with Crippen LogP contribution in [-0.4, -0.2) is 134 Å². The Hall–Kier alpha value is -1.26. The summed E-state index contributed by atoms with van der Waals surface area (Å²) in [5.74, 6) is 0. The predicted octanol–water partition coefficient (Wildman–Crippen LogP) is -3.16. The van der Waals surface area contributed by atoms with E-state index in [1.807, 2.05) is 37.3 Å². The SMILES string of the molecule is CCC(CO)(c1ccccc1)N(C)C1O[C@H](CO)[C@@H](OC2O[C@H](CO)[C@H](O)[C@H](O)[C@H]2O)[C@H](O)[C@H]1O. The number of aliphatic hydroxyl groups excluding tert-OH is 8. The fourth-order valence-corrected chi connectivity index (χ4v) is 4.85. The molecular formula is C23H37NO11. The van der Waals surface area contributed by atoms with Crippen molar-refractivity contribution in [2.24, 2.45) is 0 Å². The van der Waals surface area contributed by atoms with Gasteiger partial charge < -0.3 is 55.1 Å². The van der Waals surface area contributed by atoms with Crippen molar-refractivity contribution in [3.8, 4) is 0 Å². The highest BCUT2D eigenvalue weighted by Crippen LogP contribution is 2.37. The minimum atomic E-state index is -1.74. The minimum Gasteiger partial charge on any atom is -0.394 e. The van der Waals surface area contributed by atoms with E-state index in [0.29, 0.717) is 6.42 Å². The molecule has 0 spiro atoms. The molecule has 2 saturated heterocycles. The molecule has 2 heterocycles. The van der Waals surface area contributed by atoms with Crippen LogP contribution in [0.5, 0.6) is 0 Å². The van der Waals surface area contributed by atoms with E-state index in [1.165, 1.54) is 0 Å². The summed E-state index contributed by atoms with van der Waals surface area (Å²) in [6, 6.07) is 9.13. The van der Waals surface area contributed by atoms with Crippen molar-refractivity contribution in [3.05, 3.63) is 35.9 Å². The van der Waals surface area contributed by atoms with Crippen molar-refractivity contribution in [2.75, 3.05) is 26.9 Å². The van der Waals surface area contributed by atoms with E-state index in [2.05, 4.69) is 0 Å². The van der Waals surface area contributed by atoms with Crippen molar-refractivity contribution in [1.82, 2.24) is 4.90 Å². The van der Waals surface area contributed by atoms with E-state index < -0.39 is 80.1 Å². The summed E-state index contributed by atoms with van der Waals surface area (Å²) in [6.07, 6.45) is -14.4. The average molecular weight is 504 g/mol. The first-order chi connectivity index (χ1) is 16.7. The van der Waals surface area contributed by atoms with Crippen LogP contribution in [0.3, 0.4) is 0 Å². The smallest absolute Gasteiger partial charge is 0.187 e. The second-order valence-corrected chi connectivity index (χ2v) is 9.05. The number of hydrogen-bond acceptors (Lipinski definition) is 12. The molecule has 3 rings (SSSR count). The van der Waals surface area contributed by atoms with Gasteiger partial charge in [0.25, 0.3) is 0 Å². The Morgan fingerprint density at radius 2 is 1.46 bits per heavy atom. The van der Waals surface area contributed by atoms with Gasteiger partial charge in [0.15, 0.2) is 6.29 Å². The molecule has 8 N–H and O–H groups in total. The zero-order chi connectivity index (χ0) is 25.9. The summed E-state index contributed by atoms with van der Waals surface area (Å²) in [7, 11) is 1.63. The molecule has 1 aromatic carbocycles. The van der Waals surface area contributed by atoms with Crippen molar-refractivity contribution < 1.29 is 55.1 Å². The van der Waals surface area contributed by atoms with Gasteiger partial charge in [-0.3, -0.25) is 4.90 Å². The van der Waals surface area contributed by atoms with Gasteiger partial charge in [-0.05, 0) is 19.0 Å². The molecule has 12 heteroatoms. The Labute approximate surface area is 203 Å². The van der Waals surface area contributed by atoms with Crippen LogP contribution in [0.4, 0.5) is 0 Å². The summed E-state index contributed by atoms with van der Waals surface area (Å²) in [5.41, 5.74) is -0.213. The molecular weight excluding hydrogens is 466 g/mol. The fourth-order valence-electron chi connectivity index (χ4n) is 4.85. The first kappa shape index (κ1) is 28.3. The Morgan fingerprint density at radius 3 is 2.00 bits per heavy atom. The fraction of sp³-hybridized carbons (Fsp3) is 0.739. The number of aliphatic hydroxyl groups is 8. The van der Waals surface area contributed by atoms with Crippen molar-refractivity contribution >= 4 is 0 Å². The van der Waals surface area contributed by atoms with E-state index in [9.17, 15) is 40.9 Å². The molecule has 2 fully saturated rings. The Bertz CT molecular complexity index is 778. The average Bonchev–Trinajstić information content (AvgIpc) is 2.88. The highest BCUT2D eigenvalue weighted by molar-refractivity contribution is 5.25. The summed E-state index contributed by atoms with van der Waals surface area (Å²) in [6.45, 7) is 0.230. The van der Waals surface area contributed by atoms with Crippen LogP contribution in [-0.2, 0) is 19.7 Å². The molecule has 200 valence electrons. The second-order valence-electron chi connectivity index (χ2n) is 9.05. The molecule has 0 saturated carbocycles. The van der Waals surface area contributed by atoms with Gasteiger partial charge in [-0.15, -0.1) is 0 Å². The number of nitrogens with zero attached hydrogens (tertiary/aromatic N) is 1. The van der Waals surface area contributed by atoms with Crippen LogP contribution in [0.1, 0.15) is 18.9 Å². The molecule has 2 aliphatic heterocycles. The van der Waals surface area contributed by atoms with Crippen LogP contribution in [0.15, 0.2) is 30.3 Å². The Kier molecular flexibility index (Phi) is 9.59. The van der Waals surface area contributed by atoms with Gasteiger partial charge in [-0.2, -0.15) is 0 Å². The monoisotopic (exact) mass is 503 g/mol. The number of rotatable bonds is 9. The highest BCUT2D eigenvalue weighted by atomic mass is 16.7. The molecule has 0 bridgehead atoms. The first-order valence-corrected chi connectivity index (χ1v) is 11.6. The minimum absolute atomic E-state index is 0.318. The van der Waals surface area contributed by atoms with Crippen molar-refractivity contribution in [1.29, 1.82) is 0 Å². The van der Waals surface area contributed by atoms with Gasteiger partial charge in [-0.1, -0.05) is 37.3 Å². The van der Waals surface area contributed by atoms with E-state index >= 15 is 0 Å². The number of hydrogen-bond donors (Lipinski definition) is 8. The number of ether oxygens (including phenoxy) is 3. The van der Waals surface area contributed by atoms with Crippen LogP contribution >= 0.6 is 0 Å². The third-order valence-corrected chi connectivity index (χ3v) is 7.19. The maximum absolute atomic E-state index is 11.0. The molecule has 11 atom stereocenters. The van der Waals surface area contributed by atoms with Crippen LogP contribution in [0.25, 0.3) is 0 Å². The molecule has 12 nitrogen and oxygen atoms in total. The van der Waals surface area contributed by atoms with Crippen molar-refractivity contribution in [2.45, 2.75) is 80.2 Å². The van der Waals surface area contributed by atoms with E-state index in [4.69, 9.17) is 14.2 Å². The lowest BCUT2D eigenvalue weighted by molar-refractivity contribution is -0.351. The summed E-state index contributed by atoms with van der Waals surface area (Å²) >= 11 is 0. The normalized spacial score (nSPS) is 40.0. The molecule has 0 amide bonds. The Morgan fingerprint density at radius 1 is 0.829 bits per heavy atom. The molecule has 35 heavy (non-hydrogen) atoms. The van der Waals surface area contributed by atoms with E-state index in [1.54, 1.807) is 11.9 Å². The predicted molar refractivity (Wildman–Crippen MR) is 120 cm³/mol. The highest BCUT2D eigenvalue weighted by Gasteiger charge is 2.53. The third kappa shape index (κ3) is 5.25. The molecule has 2 aliphatic rings. The summed E-state index contributed by atoms with van der Waals surface area (Å²) in [4.78, 5) is 1.60. The third-order valence-electron chi connectivity index (χ3n) is 7.19. The second kappa shape index (κ2) is 11.9. The number of benzene rings is 1. The zero-order valence-electron chi connectivity index (χ0n) is 19.7. The molecule has 0 aromatic heterocycles. The lowest BCUT2D eigenvalue weighted by atomic mass is 9.85. The van der Waals surface area contributed by atoms with E-state index in [-0.39, 0.29) is 6.61 Å². The van der Waals surface area contributed by atoms with Crippen LogP contribution in [0, 0.1) is 0 Å². The Balaban J connectivity index is 1.83. The summed E-state index contributed by atoms with van der Waals surface area (Å²) in [5, 5.41) is 81.9. The van der Waals surface area contributed by atoms with Gasteiger partial charge in [0.2, 0.25) is 0 Å². The topological polar surface area (TPSA) is 193 Å². The maximum Gasteiger partial charge on any atom is 0.187 e. The first-order valence-electron chi connectivity index (χ1n) is 11.6. The number of likely N-dealkylation sites (N-methyl/N-ethyl adjacent to an activating group) is 1. The lowest BCUT2D eigenvalue weighted by Gasteiger charge is -2.51. The molecule has 0 aliphatic carbocycles. The molecule has 0 radical (unpaired) electrons. The molecule has 1 aromatic rings. The quantitative estimate of drug-likeness (QED) is 0.169. The lowest BCUT2D eigenvalue weighted by Crippen LogP contribution is -2.68. The van der Waals surface area contributed by atoms with Crippen LogP contribution < -0.4 is 0 Å². The molecule has 3 unspecified atom stereocenters. The zero-order valence-corrected chi connectivity index (χ0v) is 19.7. The largest absolute Gasteiger partial charge is 0.394 e. The van der Waals surface area contributed by atoms with Gasteiger partial charge >= 0.3 is 0 Å². The van der Waals surface area contributed by atoms with Crippen LogP contribution in [0.2, 0.25) is 0 Å². The summed E-state index contributed by atoms with van der Waals surface area (Å²) < 4.78 is 16.9. The van der Waals surface area contributed by atoms with E-state index in [0.717, 1.165) is 5.56 Å².